The van der Waals surface area contributed by atoms with Gasteiger partial charge in [0.1, 0.15) is 5.75 Å². The zero-order valence-electron chi connectivity index (χ0n) is 11.6. The molecule has 4 heteroatoms. The highest BCUT2D eigenvalue weighted by Gasteiger charge is 2.18. The Morgan fingerprint density at radius 1 is 1.26 bits per heavy atom. The van der Waals surface area contributed by atoms with E-state index < -0.39 is 0 Å². The van der Waals surface area contributed by atoms with Gasteiger partial charge in [0.05, 0.1) is 26.2 Å². The molecule has 1 aromatic carbocycles. The highest BCUT2D eigenvalue weighted by molar-refractivity contribution is 5.77. The van der Waals surface area contributed by atoms with Gasteiger partial charge in [-0.15, -0.1) is 0 Å². The Morgan fingerprint density at radius 2 is 1.95 bits per heavy atom. The standard InChI is InChI=1S/C15H22N2O2/c1-2-3-13-4-6-14(7-5-13)19-12-15(18)17-10-8-16-9-11-17/h4-7,16H,2-3,8-12H2,1H3/p+1. The quantitative estimate of drug-likeness (QED) is 0.837. The maximum atomic E-state index is 11.9. The summed E-state index contributed by atoms with van der Waals surface area (Å²) in [7, 11) is 0. The molecule has 0 unspecified atom stereocenters. The van der Waals surface area contributed by atoms with Crippen molar-refractivity contribution in [2.24, 2.45) is 0 Å². The SMILES string of the molecule is CCCc1ccc(OCC(=O)N2CC[NH2+]CC2)cc1. The molecular weight excluding hydrogens is 240 g/mol. The van der Waals surface area contributed by atoms with E-state index in [-0.39, 0.29) is 12.5 Å². The highest BCUT2D eigenvalue weighted by atomic mass is 16.5. The van der Waals surface area contributed by atoms with Crippen LogP contribution in [0.25, 0.3) is 0 Å². The van der Waals surface area contributed by atoms with Crippen LogP contribution in [0.3, 0.4) is 0 Å². The van der Waals surface area contributed by atoms with Crippen LogP contribution in [0.2, 0.25) is 0 Å². The summed E-state index contributed by atoms with van der Waals surface area (Å²) in [5.74, 6) is 0.863. The number of nitrogens with two attached hydrogens (primary N) is 1. The Balaban J connectivity index is 1.79. The van der Waals surface area contributed by atoms with Gasteiger partial charge in [-0.25, -0.2) is 0 Å². The number of benzene rings is 1. The van der Waals surface area contributed by atoms with E-state index in [9.17, 15) is 4.79 Å². The minimum Gasteiger partial charge on any atom is -0.484 e. The number of ether oxygens (including phenoxy) is 1. The van der Waals surface area contributed by atoms with Crippen LogP contribution in [0.1, 0.15) is 18.9 Å². The number of aryl methyl sites for hydroxylation is 1. The van der Waals surface area contributed by atoms with Crippen molar-refractivity contribution in [2.75, 3.05) is 32.8 Å². The van der Waals surface area contributed by atoms with Gasteiger partial charge >= 0.3 is 0 Å². The summed E-state index contributed by atoms with van der Waals surface area (Å²) in [5.41, 5.74) is 1.31. The van der Waals surface area contributed by atoms with Gasteiger partial charge in [0.15, 0.2) is 6.61 Å². The highest BCUT2D eigenvalue weighted by Crippen LogP contribution is 2.13. The molecule has 2 N–H and O–H groups in total. The molecule has 19 heavy (non-hydrogen) atoms. The topological polar surface area (TPSA) is 46.1 Å². The second-order valence-corrected chi connectivity index (χ2v) is 4.93. The van der Waals surface area contributed by atoms with Crippen molar-refractivity contribution in [3.05, 3.63) is 29.8 Å². The first-order chi connectivity index (χ1) is 9.29. The van der Waals surface area contributed by atoms with Crippen LogP contribution >= 0.6 is 0 Å². The number of hydrogen-bond donors (Lipinski definition) is 1. The van der Waals surface area contributed by atoms with Crippen LogP contribution in [0, 0.1) is 0 Å². The summed E-state index contributed by atoms with van der Waals surface area (Å²) in [6, 6.07) is 8.03. The number of piperazine rings is 1. The fraction of sp³-hybridized carbons (Fsp3) is 0.533. The Bertz CT molecular complexity index is 397. The monoisotopic (exact) mass is 263 g/mol. The number of quaternary nitrogens is 1. The molecule has 1 amide bonds. The van der Waals surface area contributed by atoms with Crippen molar-refractivity contribution in [1.82, 2.24) is 4.90 Å². The number of nitrogens with zero attached hydrogens (tertiary/aromatic N) is 1. The maximum Gasteiger partial charge on any atom is 0.260 e. The molecule has 1 aliphatic heterocycles. The lowest BCUT2D eigenvalue weighted by molar-refractivity contribution is -0.662. The molecule has 0 aliphatic carbocycles. The van der Waals surface area contributed by atoms with Gasteiger partial charge in [-0.2, -0.15) is 0 Å². The predicted octanol–water partition coefficient (Wildman–Crippen LogP) is 0.424. The lowest BCUT2D eigenvalue weighted by Gasteiger charge is -2.25. The molecule has 1 fully saturated rings. The van der Waals surface area contributed by atoms with Crippen molar-refractivity contribution >= 4 is 5.91 Å². The molecular formula is C15H23N2O2+. The number of carbonyl (C=O) groups is 1. The molecule has 0 aromatic heterocycles. The Morgan fingerprint density at radius 3 is 2.58 bits per heavy atom. The smallest absolute Gasteiger partial charge is 0.260 e. The molecule has 0 spiro atoms. The molecule has 0 bridgehead atoms. The average Bonchev–Trinajstić information content (AvgIpc) is 2.47. The van der Waals surface area contributed by atoms with Gasteiger partial charge in [-0.3, -0.25) is 4.79 Å². The minimum atomic E-state index is 0.0886. The molecule has 104 valence electrons. The van der Waals surface area contributed by atoms with Crippen LogP contribution in [0.4, 0.5) is 0 Å². The van der Waals surface area contributed by atoms with Crippen molar-refractivity contribution < 1.29 is 14.8 Å². The summed E-state index contributed by atoms with van der Waals surface area (Å²) in [5, 5.41) is 2.23. The lowest BCUT2D eigenvalue weighted by atomic mass is 10.1. The second-order valence-electron chi connectivity index (χ2n) is 4.93. The van der Waals surface area contributed by atoms with Crippen LogP contribution in [0.15, 0.2) is 24.3 Å². The largest absolute Gasteiger partial charge is 0.484 e. The van der Waals surface area contributed by atoms with E-state index in [0.717, 1.165) is 44.8 Å². The molecule has 1 saturated heterocycles. The molecule has 0 radical (unpaired) electrons. The average molecular weight is 263 g/mol. The number of hydrogen-bond acceptors (Lipinski definition) is 2. The molecule has 0 saturated carbocycles. The van der Waals surface area contributed by atoms with Gasteiger partial charge in [0.2, 0.25) is 0 Å². The van der Waals surface area contributed by atoms with E-state index in [1.807, 2.05) is 17.0 Å². The number of amides is 1. The first kappa shape index (κ1) is 13.9. The van der Waals surface area contributed by atoms with Crippen molar-refractivity contribution in [2.45, 2.75) is 19.8 Å². The molecule has 4 nitrogen and oxygen atoms in total. The van der Waals surface area contributed by atoms with Crippen molar-refractivity contribution in [1.29, 1.82) is 0 Å². The third kappa shape index (κ3) is 4.24. The third-order valence-electron chi connectivity index (χ3n) is 3.38. The molecule has 1 aliphatic rings. The van der Waals surface area contributed by atoms with Gasteiger partial charge in [-0.1, -0.05) is 25.5 Å². The summed E-state index contributed by atoms with van der Waals surface area (Å²) < 4.78 is 5.55. The molecule has 1 heterocycles. The lowest BCUT2D eigenvalue weighted by Crippen LogP contribution is -2.90. The second kappa shape index (κ2) is 7.14. The van der Waals surface area contributed by atoms with Crippen molar-refractivity contribution in [3.63, 3.8) is 0 Å². The zero-order valence-corrected chi connectivity index (χ0v) is 11.6. The normalized spacial score (nSPS) is 15.3. The van der Waals surface area contributed by atoms with E-state index in [2.05, 4.69) is 24.4 Å². The first-order valence-corrected chi connectivity index (χ1v) is 7.11. The maximum absolute atomic E-state index is 11.9. The van der Waals surface area contributed by atoms with Gasteiger partial charge < -0.3 is 15.0 Å². The van der Waals surface area contributed by atoms with Crippen LogP contribution in [0.5, 0.6) is 5.75 Å². The van der Waals surface area contributed by atoms with Gasteiger partial charge in [0.25, 0.3) is 5.91 Å². The number of carbonyl (C=O) groups excluding carboxylic acids is 1. The number of rotatable bonds is 5. The molecule has 0 atom stereocenters. The van der Waals surface area contributed by atoms with E-state index in [1.165, 1.54) is 5.56 Å². The van der Waals surface area contributed by atoms with Gasteiger partial charge in [-0.05, 0) is 24.1 Å². The Hall–Kier alpha value is -1.55. The minimum absolute atomic E-state index is 0.0886. The van der Waals surface area contributed by atoms with Crippen LogP contribution < -0.4 is 10.1 Å². The molecule has 2 rings (SSSR count). The van der Waals surface area contributed by atoms with E-state index in [0.29, 0.717) is 0 Å². The summed E-state index contributed by atoms with van der Waals surface area (Å²) in [4.78, 5) is 13.8. The fourth-order valence-electron chi connectivity index (χ4n) is 2.28. The first-order valence-electron chi connectivity index (χ1n) is 7.11. The summed E-state index contributed by atoms with van der Waals surface area (Å²) in [6.45, 7) is 5.97. The van der Waals surface area contributed by atoms with Crippen LogP contribution in [-0.2, 0) is 11.2 Å². The fourth-order valence-corrected chi connectivity index (χ4v) is 2.28. The van der Waals surface area contributed by atoms with Crippen molar-refractivity contribution in [3.8, 4) is 5.75 Å². The molecule has 1 aromatic rings. The predicted molar refractivity (Wildman–Crippen MR) is 74.2 cm³/mol. The van der Waals surface area contributed by atoms with E-state index >= 15 is 0 Å². The summed E-state index contributed by atoms with van der Waals surface area (Å²) in [6.07, 6.45) is 2.23. The summed E-state index contributed by atoms with van der Waals surface area (Å²) >= 11 is 0. The Kier molecular flexibility index (Phi) is 5.21. The van der Waals surface area contributed by atoms with E-state index in [4.69, 9.17) is 4.74 Å². The van der Waals surface area contributed by atoms with Crippen LogP contribution in [-0.4, -0.2) is 43.6 Å². The Labute approximate surface area is 114 Å². The zero-order chi connectivity index (χ0) is 13.5. The van der Waals surface area contributed by atoms with Gasteiger partial charge in [0, 0.05) is 0 Å². The third-order valence-corrected chi connectivity index (χ3v) is 3.38. The van der Waals surface area contributed by atoms with E-state index in [1.54, 1.807) is 0 Å².